The van der Waals surface area contributed by atoms with Gasteiger partial charge in [-0.05, 0) is 49.1 Å². The van der Waals surface area contributed by atoms with Crippen LogP contribution in [-0.2, 0) is 19.6 Å². The fourth-order valence-electron chi connectivity index (χ4n) is 4.97. The Bertz CT molecular complexity index is 1210. The second-order valence-electron chi connectivity index (χ2n) is 9.71. The zero-order chi connectivity index (χ0) is 25.9. The maximum atomic E-state index is 14.3. The highest BCUT2D eigenvalue weighted by Gasteiger charge is 2.39. The Labute approximate surface area is 212 Å². The van der Waals surface area contributed by atoms with Crippen LogP contribution in [0.1, 0.15) is 55.7 Å². The van der Waals surface area contributed by atoms with Crippen LogP contribution in [0.4, 0.5) is 10.1 Å². The van der Waals surface area contributed by atoms with Crippen molar-refractivity contribution in [3.63, 3.8) is 0 Å². The predicted octanol–water partition coefficient (Wildman–Crippen LogP) is 4.04. The van der Waals surface area contributed by atoms with E-state index < -0.39 is 27.8 Å². The largest absolute Gasteiger partial charge is 0.341 e. The lowest BCUT2D eigenvalue weighted by molar-refractivity contribution is -0.136. The zero-order valence-electron chi connectivity index (χ0n) is 20.9. The fourth-order valence-corrected chi connectivity index (χ4v) is 6.29. The summed E-state index contributed by atoms with van der Waals surface area (Å²) in [5.41, 5.74) is 1.68. The number of rotatable bonds is 9. The van der Waals surface area contributed by atoms with Gasteiger partial charge in [-0.3, -0.25) is 14.5 Å². The van der Waals surface area contributed by atoms with Crippen molar-refractivity contribution in [1.29, 1.82) is 0 Å². The van der Waals surface area contributed by atoms with E-state index in [1.807, 2.05) is 25.1 Å². The second-order valence-corrected chi connectivity index (χ2v) is 11.8. The van der Waals surface area contributed by atoms with E-state index >= 15 is 0 Å². The Balaban J connectivity index is 1.75. The smallest absolute Gasteiger partial charge is 0.250 e. The molecule has 4 rings (SSSR count). The van der Waals surface area contributed by atoms with Crippen LogP contribution in [0.25, 0.3) is 0 Å². The van der Waals surface area contributed by atoms with E-state index in [-0.39, 0.29) is 29.8 Å². The Kier molecular flexibility index (Phi) is 8.10. The molecule has 1 heterocycles. The maximum absolute atomic E-state index is 14.3. The van der Waals surface area contributed by atoms with Crippen molar-refractivity contribution in [1.82, 2.24) is 9.21 Å². The molecule has 0 aromatic heterocycles. The number of benzene rings is 2. The van der Waals surface area contributed by atoms with Gasteiger partial charge in [-0.15, -0.1) is 0 Å². The van der Waals surface area contributed by atoms with Crippen LogP contribution in [0, 0.1) is 12.7 Å². The number of sulfonamides is 1. The van der Waals surface area contributed by atoms with E-state index in [2.05, 4.69) is 0 Å². The molecule has 0 spiro atoms. The number of nitrogens with zero attached hydrogens (tertiary/aromatic N) is 3. The SMILES string of the molecule is Cc1ccccc1[C@H](C(=O)N(C)C1CCCCC1)N(C(=O)CCS(=O)(=O)N1CC1)c1cccc(F)c1. The van der Waals surface area contributed by atoms with E-state index in [4.69, 9.17) is 0 Å². The van der Waals surface area contributed by atoms with Crippen molar-refractivity contribution in [2.24, 2.45) is 0 Å². The van der Waals surface area contributed by atoms with Crippen molar-refractivity contribution in [2.75, 3.05) is 30.8 Å². The lowest BCUT2D eigenvalue weighted by Gasteiger charge is -2.38. The van der Waals surface area contributed by atoms with Crippen molar-refractivity contribution in [3.05, 3.63) is 65.5 Å². The quantitative estimate of drug-likeness (QED) is 0.473. The van der Waals surface area contributed by atoms with Gasteiger partial charge in [0.2, 0.25) is 21.8 Å². The Morgan fingerprint density at radius 3 is 2.39 bits per heavy atom. The van der Waals surface area contributed by atoms with Gasteiger partial charge in [0.15, 0.2) is 0 Å². The highest BCUT2D eigenvalue weighted by molar-refractivity contribution is 7.89. The molecule has 1 aliphatic carbocycles. The van der Waals surface area contributed by atoms with Gasteiger partial charge >= 0.3 is 0 Å². The summed E-state index contributed by atoms with van der Waals surface area (Å²) in [5.74, 6) is -1.70. The van der Waals surface area contributed by atoms with Crippen LogP contribution in [0.3, 0.4) is 0 Å². The molecular formula is C27H34FN3O4S. The van der Waals surface area contributed by atoms with Crippen LogP contribution < -0.4 is 4.90 Å². The van der Waals surface area contributed by atoms with Crippen molar-refractivity contribution >= 4 is 27.5 Å². The van der Waals surface area contributed by atoms with Gasteiger partial charge < -0.3 is 4.90 Å². The summed E-state index contributed by atoms with van der Waals surface area (Å²) in [6.45, 7) is 2.79. The highest BCUT2D eigenvalue weighted by Crippen LogP contribution is 2.34. The van der Waals surface area contributed by atoms with Gasteiger partial charge in [0, 0.05) is 38.3 Å². The van der Waals surface area contributed by atoms with E-state index in [0.717, 1.165) is 37.7 Å². The Morgan fingerprint density at radius 1 is 1.06 bits per heavy atom. The third kappa shape index (κ3) is 5.95. The fraction of sp³-hybridized carbons (Fsp3) is 0.481. The molecule has 2 aromatic rings. The topological polar surface area (TPSA) is 77.8 Å². The number of anilines is 1. The number of halogens is 1. The third-order valence-corrected chi connectivity index (χ3v) is 9.05. The van der Waals surface area contributed by atoms with Gasteiger partial charge in [-0.2, -0.15) is 4.31 Å². The molecular weight excluding hydrogens is 481 g/mol. The monoisotopic (exact) mass is 515 g/mol. The minimum Gasteiger partial charge on any atom is -0.341 e. The summed E-state index contributed by atoms with van der Waals surface area (Å²) in [5, 5.41) is 0. The number of hydrogen-bond donors (Lipinski definition) is 0. The van der Waals surface area contributed by atoms with Gasteiger partial charge in [0.1, 0.15) is 11.9 Å². The summed E-state index contributed by atoms with van der Waals surface area (Å²) in [4.78, 5) is 30.9. The van der Waals surface area contributed by atoms with Crippen LogP contribution in [0.15, 0.2) is 48.5 Å². The van der Waals surface area contributed by atoms with Crippen LogP contribution >= 0.6 is 0 Å². The molecule has 1 saturated carbocycles. The minimum absolute atomic E-state index is 0.0604. The molecule has 2 amide bonds. The van der Waals surface area contributed by atoms with Gasteiger partial charge in [0.25, 0.3) is 0 Å². The molecule has 194 valence electrons. The van der Waals surface area contributed by atoms with E-state index in [9.17, 15) is 22.4 Å². The molecule has 7 nitrogen and oxygen atoms in total. The number of aryl methyl sites for hydroxylation is 1. The number of carbonyl (C=O) groups is 2. The summed E-state index contributed by atoms with van der Waals surface area (Å²) in [6.07, 6.45) is 4.70. The molecule has 2 aliphatic rings. The van der Waals surface area contributed by atoms with Gasteiger partial charge in [-0.1, -0.05) is 49.6 Å². The number of likely N-dealkylation sites (N-methyl/N-ethyl adjacent to an activating group) is 1. The summed E-state index contributed by atoms with van der Waals surface area (Å²) < 4.78 is 40.6. The van der Waals surface area contributed by atoms with Crippen LogP contribution in [0.2, 0.25) is 0 Å². The molecule has 1 atom stereocenters. The minimum atomic E-state index is -3.54. The van der Waals surface area contributed by atoms with Crippen LogP contribution in [0.5, 0.6) is 0 Å². The first-order valence-corrected chi connectivity index (χ1v) is 14.2. The van der Waals surface area contributed by atoms with Crippen molar-refractivity contribution in [2.45, 2.75) is 57.5 Å². The average molecular weight is 516 g/mol. The van der Waals surface area contributed by atoms with Gasteiger partial charge in [0.05, 0.1) is 5.75 Å². The Morgan fingerprint density at radius 2 is 1.75 bits per heavy atom. The average Bonchev–Trinajstić information content (AvgIpc) is 3.73. The normalized spacial score (nSPS) is 17.4. The van der Waals surface area contributed by atoms with E-state index in [1.54, 1.807) is 24.1 Å². The molecule has 0 unspecified atom stereocenters. The summed E-state index contributed by atoms with van der Waals surface area (Å²) >= 11 is 0. The molecule has 1 saturated heterocycles. The molecule has 36 heavy (non-hydrogen) atoms. The number of hydrogen-bond acceptors (Lipinski definition) is 4. The van der Waals surface area contributed by atoms with Crippen molar-refractivity contribution in [3.8, 4) is 0 Å². The van der Waals surface area contributed by atoms with E-state index in [1.165, 1.54) is 27.4 Å². The molecule has 2 fully saturated rings. The number of amides is 2. The Hall–Kier alpha value is -2.78. The first-order valence-electron chi connectivity index (χ1n) is 12.6. The molecule has 9 heteroatoms. The third-order valence-electron chi connectivity index (χ3n) is 7.17. The highest BCUT2D eigenvalue weighted by atomic mass is 32.2. The zero-order valence-corrected chi connectivity index (χ0v) is 21.7. The molecule has 0 radical (unpaired) electrons. The first-order chi connectivity index (χ1) is 17.2. The molecule has 0 N–H and O–H groups in total. The second kappa shape index (κ2) is 11.1. The predicted molar refractivity (Wildman–Crippen MR) is 137 cm³/mol. The van der Waals surface area contributed by atoms with E-state index in [0.29, 0.717) is 18.7 Å². The molecule has 2 aromatic carbocycles. The summed E-state index contributed by atoms with van der Waals surface area (Å²) in [6, 6.07) is 11.9. The van der Waals surface area contributed by atoms with Crippen molar-refractivity contribution < 1.29 is 22.4 Å². The standard InChI is InChI=1S/C27H34FN3O4S/c1-20-9-6-7-14-24(20)26(27(33)29(2)22-11-4-3-5-12-22)31(23-13-8-10-21(28)19-23)25(32)15-18-36(34,35)30-16-17-30/h6-10,13-14,19,22,26H,3-5,11-12,15-18H2,1-2H3/t26-/m1/s1. The summed E-state index contributed by atoms with van der Waals surface area (Å²) in [7, 11) is -1.78. The molecule has 0 bridgehead atoms. The maximum Gasteiger partial charge on any atom is 0.250 e. The first kappa shape index (κ1) is 26.3. The molecule has 1 aliphatic heterocycles. The lowest BCUT2D eigenvalue weighted by Crippen LogP contribution is -2.48. The van der Waals surface area contributed by atoms with Gasteiger partial charge in [-0.25, -0.2) is 12.8 Å². The number of carbonyl (C=O) groups excluding carboxylic acids is 2. The lowest BCUT2D eigenvalue weighted by atomic mass is 9.92. The van der Waals surface area contributed by atoms with Crippen LogP contribution in [-0.4, -0.2) is 61.4 Å².